The Hall–Kier alpha value is -2.50. The third-order valence-electron chi connectivity index (χ3n) is 2.93. The number of aryl methyl sites for hydroxylation is 1. The summed E-state index contributed by atoms with van der Waals surface area (Å²) in [6.45, 7) is 2.45. The van der Waals surface area contributed by atoms with Crippen molar-refractivity contribution in [2.45, 2.75) is 20.0 Å². The van der Waals surface area contributed by atoms with Crippen LogP contribution in [0.5, 0.6) is 5.75 Å². The van der Waals surface area contributed by atoms with Crippen molar-refractivity contribution in [3.63, 3.8) is 0 Å². The van der Waals surface area contributed by atoms with Gasteiger partial charge in [-0.3, -0.25) is 13.9 Å². The second kappa shape index (κ2) is 6.10. The Morgan fingerprint density at radius 2 is 2.05 bits per heavy atom. The van der Waals surface area contributed by atoms with Crippen LogP contribution in [0.4, 0.5) is 5.69 Å². The molecule has 0 aliphatic rings. The number of ether oxygens (including phenoxy) is 1. The summed E-state index contributed by atoms with van der Waals surface area (Å²) >= 11 is 0. The van der Waals surface area contributed by atoms with Gasteiger partial charge in [0.2, 0.25) is 5.91 Å². The van der Waals surface area contributed by atoms with E-state index in [4.69, 9.17) is 4.74 Å². The van der Waals surface area contributed by atoms with Crippen LogP contribution in [0.15, 0.2) is 41.5 Å². The summed E-state index contributed by atoms with van der Waals surface area (Å²) < 4.78 is 8.00. The van der Waals surface area contributed by atoms with Gasteiger partial charge in [-0.15, -0.1) is 0 Å². The fourth-order valence-corrected chi connectivity index (χ4v) is 1.87. The number of hydrogen-bond donors (Lipinski definition) is 1. The molecule has 6 nitrogen and oxygen atoms in total. The number of aromatic nitrogens is 2. The number of amides is 1. The molecule has 1 N–H and O–H groups in total. The molecule has 6 heteroatoms. The van der Waals surface area contributed by atoms with Crippen molar-refractivity contribution in [2.24, 2.45) is 0 Å². The van der Waals surface area contributed by atoms with Gasteiger partial charge in [-0.25, -0.2) is 4.79 Å². The predicted molar refractivity (Wildman–Crippen MR) is 76.0 cm³/mol. The average Bonchev–Trinajstić information content (AvgIpc) is 2.79. The topological polar surface area (TPSA) is 65.3 Å². The summed E-state index contributed by atoms with van der Waals surface area (Å²) in [6, 6.07) is 7.06. The Balaban J connectivity index is 2.05. The maximum absolute atomic E-state index is 11.9. The SMILES string of the molecule is CCn1ccn(CC(=O)Nc2cccc(OC)c2)c1=O. The van der Waals surface area contributed by atoms with Crippen molar-refractivity contribution in [2.75, 3.05) is 12.4 Å². The summed E-state index contributed by atoms with van der Waals surface area (Å²) in [5.74, 6) is 0.409. The third kappa shape index (κ3) is 3.09. The van der Waals surface area contributed by atoms with Crippen LogP contribution in [0.1, 0.15) is 6.92 Å². The molecule has 0 fully saturated rings. The molecule has 0 saturated heterocycles. The molecule has 20 heavy (non-hydrogen) atoms. The van der Waals surface area contributed by atoms with Crippen LogP contribution in [-0.4, -0.2) is 22.2 Å². The van der Waals surface area contributed by atoms with Crippen molar-refractivity contribution in [1.82, 2.24) is 9.13 Å². The highest BCUT2D eigenvalue weighted by Gasteiger charge is 2.08. The highest BCUT2D eigenvalue weighted by Crippen LogP contribution is 2.16. The van der Waals surface area contributed by atoms with Gasteiger partial charge in [-0.2, -0.15) is 0 Å². The number of nitrogens with zero attached hydrogens (tertiary/aromatic N) is 2. The Bertz CT molecular complexity index is 658. The fraction of sp³-hybridized carbons (Fsp3) is 0.286. The summed E-state index contributed by atoms with van der Waals surface area (Å²) in [5, 5.41) is 2.73. The molecule has 0 bridgehead atoms. The molecule has 0 aliphatic carbocycles. The molecule has 0 saturated carbocycles. The minimum Gasteiger partial charge on any atom is -0.497 e. The second-order valence-electron chi connectivity index (χ2n) is 4.27. The lowest BCUT2D eigenvalue weighted by Gasteiger charge is -2.07. The molecular formula is C14H17N3O3. The van der Waals surface area contributed by atoms with E-state index in [1.165, 1.54) is 4.57 Å². The monoisotopic (exact) mass is 275 g/mol. The fourth-order valence-electron chi connectivity index (χ4n) is 1.87. The van der Waals surface area contributed by atoms with Crippen LogP contribution >= 0.6 is 0 Å². The zero-order valence-corrected chi connectivity index (χ0v) is 11.5. The lowest BCUT2D eigenvalue weighted by Crippen LogP contribution is -2.28. The van der Waals surface area contributed by atoms with Crippen molar-refractivity contribution in [1.29, 1.82) is 0 Å². The Kier molecular flexibility index (Phi) is 4.24. The second-order valence-corrected chi connectivity index (χ2v) is 4.27. The summed E-state index contributed by atoms with van der Waals surface area (Å²) in [5.41, 5.74) is 0.450. The van der Waals surface area contributed by atoms with E-state index >= 15 is 0 Å². The first-order valence-corrected chi connectivity index (χ1v) is 6.33. The highest BCUT2D eigenvalue weighted by molar-refractivity contribution is 5.90. The van der Waals surface area contributed by atoms with Gasteiger partial charge >= 0.3 is 5.69 Å². The Labute approximate surface area is 116 Å². The van der Waals surface area contributed by atoms with Crippen LogP contribution in [0, 0.1) is 0 Å². The van der Waals surface area contributed by atoms with E-state index in [0.29, 0.717) is 18.0 Å². The van der Waals surface area contributed by atoms with E-state index < -0.39 is 0 Å². The minimum absolute atomic E-state index is 0.0109. The van der Waals surface area contributed by atoms with Gasteiger partial charge in [0.1, 0.15) is 12.3 Å². The maximum Gasteiger partial charge on any atom is 0.328 e. The molecule has 0 aliphatic heterocycles. The van der Waals surface area contributed by atoms with Gasteiger partial charge in [-0.05, 0) is 19.1 Å². The number of methoxy groups -OCH3 is 1. The first-order valence-electron chi connectivity index (χ1n) is 6.33. The molecule has 0 radical (unpaired) electrons. The van der Waals surface area contributed by atoms with Crippen LogP contribution < -0.4 is 15.7 Å². The molecule has 0 atom stereocenters. The zero-order valence-electron chi connectivity index (χ0n) is 11.5. The Morgan fingerprint density at radius 3 is 2.70 bits per heavy atom. The van der Waals surface area contributed by atoms with Gasteiger partial charge in [0, 0.05) is 30.7 Å². The molecule has 2 aromatic rings. The number of rotatable bonds is 5. The van der Waals surface area contributed by atoms with Crippen molar-refractivity contribution in [3.8, 4) is 5.75 Å². The molecule has 1 heterocycles. The van der Waals surface area contributed by atoms with E-state index in [0.717, 1.165) is 0 Å². The number of carbonyl (C=O) groups is 1. The van der Waals surface area contributed by atoms with E-state index in [9.17, 15) is 9.59 Å². The molecule has 106 valence electrons. The summed E-state index contributed by atoms with van der Waals surface area (Å²) in [6.07, 6.45) is 3.28. The summed E-state index contributed by atoms with van der Waals surface area (Å²) in [7, 11) is 1.56. The first-order chi connectivity index (χ1) is 9.63. The van der Waals surface area contributed by atoms with E-state index in [1.54, 1.807) is 48.3 Å². The molecule has 0 spiro atoms. The number of benzene rings is 1. The number of imidazole rings is 1. The molecule has 0 unspecified atom stereocenters. The van der Waals surface area contributed by atoms with E-state index in [-0.39, 0.29) is 18.1 Å². The molecule has 2 rings (SSSR count). The van der Waals surface area contributed by atoms with Crippen LogP contribution in [0.3, 0.4) is 0 Å². The van der Waals surface area contributed by atoms with Gasteiger partial charge in [0.05, 0.1) is 7.11 Å². The van der Waals surface area contributed by atoms with Crippen LogP contribution in [-0.2, 0) is 17.9 Å². The largest absolute Gasteiger partial charge is 0.497 e. The average molecular weight is 275 g/mol. The number of nitrogens with one attached hydrogen (secondary N) is 1. The standard InChI is InChI=1S/C14H17N3O3/c1-3-16-7-8-17(14(16)19)10-13(18)15-11-5-4-6-12(9-11)20-2/h4-9H,3,10H2,1-2H3,(H,15,18). The lowest BCUT2D eigenvalue weighted by molar-refractivity contribution is -0.116. The maximum atomic E-state index is 11.9. The number of carbonyl (C=O) groups excluding carboxylic acids is 1. The molecule has 1 amide bonds. The summed E-state index contributed by atoms with van der Waals surface area (Å²) in [4.78, 5) is 23.7. The van der Waals surface area contributed by atoms with Gasteiger partial charge in [0.15, 0.2) is 0 Å². The molecular weight excluding hydrogens is 258 g/mol. The first kappa shape index (κ1) is 13.9. The van der Waals surface area contributed by atoms with Crippen molar-refractivity contribution < 1.29 is 9.53 Å². The quantitative estimate of drug-likeness (QED) is 0.895. The van der Waals surface area contributed by atoms with Gasteiger partial charge < -0.3 is 10.1 Å². The normalized spacial score (nSPS) is 10.3. The molecule has 1 aromatic heterocycles. The zero-order chi connectivity index (χ0) is 14.5. The van der Waals surface area contributed by atoms with E-state index in [1.807, 2.05) is 6.92 Å². The number of hydrogen-bond acceptors (Lipinski definition) is 3. The highest BCUT2D eigenvalue weighted by atomic mass is 16.5. The smallest absolute Gasteiger partial charge is 0.328 e. The predicted octanol–water partition coefficient (Wildman–Crippen LogP) is 1.32. The Morgan fingerprint density at radius 1 is 1.30 bits per heavy atom. The minimum atomic E-state index is -0.255. The lowest BCUT2D eigenvalue weighted by atomic mass is 10.3. The third-order valence-corrected chi connectivity index (χ3v) is 2.93. The van der Waals surface area contributed by atoms with Gasteiger partial charge in [0.25, 0.3) is 0 Å². The van der Waals surface area contributed by atoms with Gasteiger partial charge in [-0.1, -0.05) is 6.07 Å². The van der Waals surface area contributed by atoms with Crippen molar-refractivity contribution in [3.05, 3.63) is 47.1 Å². The van der Waals surface area contributed by atoms with Crippen LogP contribution in [0.25, 0.3) is 0 Å². The van der Waals surface area contributed by atoms with E-state index in [2.05, 4.69) is 5.32 Å². The molecule has 1 aromatic carbocycles. The van der Waals surface area contributed by atoms with Crippen molar-refractivity contribution >= 4 is 11.6 Å². The van der Waals surface area contributed by atoms with Crippen LogP contribution in [0.2, 0.25) is 0 Å². The number of anilines is 1.